The van der Waals surface area contributed by atoms with E-state index >= 15 is 0 Å². The highest BCUT2D eigenvalue weighted by atomic mass is 32.2. The molecule has 0 bridgehead atoms. The number of nitrogens with two attached hydrogens (primary N) is 1. The number of hydrogen-bond acceptors (Lipinski definition) is 4. The molecule has 1 heterocycles. The van der Waals surface area contributed by atoms with Gasteiger partial charge in [-0.05, 0) is 12.2 Å². The minimum absolute atomic E-state index is 0.0165. The van der Waals surface area contributed by atoms with Crippen molar-refractivity contribution in [2.24, 2.45) is 10.8 Å². The molecule has 0 aromatic rings. The van der Waals surface area contributed by atoms with E-state index < -0.39 is 9.84 Å². The number of nitrogens with one attached hydrogen (secondary N) is 1. The molecular formula is C5H9N3O2S2. The quantitative estimate of drug-likeness (QED) is 0.425. The van der Waals surface area contributed by atoms with Gasteiger partial charge in [0, 0.05) is 6.42 Å². The van der Waals surface area contributed by atoms with Gasteiger partial charge in [0.05, 0.1) is 17.2 Å². The van der Waals surface area contributed by atoms with Crippen LogP contribution in [0.5, 0.6) is 0 Å². The molecule has 1 fully saturated rings. The number of nitrogens with zero attached hydrogens (tertiary/aromatic N) is 1. The summed E-state index contributed by atoms with van der Waals surface area (Å²) in [6.45, 7) is 0. The van der Waals surface area contributed by atoms with Crippen LogP contribution in [0, 0.1) is 0 Å². The van der Waals surface area contributed by atoms with Gasteiger partial charge in [0.2, 0.25) is 0 Å². The van der Waals surface area contributed by atoms with Gasteiger partial charge in [0.25, 0.3) is 0 Å². The fraction of sp³-hybridized carbons (Fsp3) is 0.600. The van der Waals surface area contributed by atoms with Crippen molar-refractivity contribution in [3.8, 4) is 0 Å². The molecule has 68 valence electrons. The maximum absolute atomic E-state index is 10.9. The topological polar surface area (TPSA) is 84.5 Å². The molecule has 0 unspecified atom stereocenters. The predicted molar refractivity (Wildman–Crippen MR) is 50.6 cm³/mol. The highest BCUT2D eigenvalue weighted by Gasteiger charge is 2.23. The Morgan fingerprint density at radius 3 is 2.75 bits per heavy atom. The van der Waals surface area contributed by atoms with Crippen LogP contribution in [0.3, 0.4) is 0 Å². The van der Waals surface area contributed by atoms with Crippen molar-refractivity contribution in [3.63, 3.8) is 0 Å². The first kappa shape index (κ1) is 9.40. The zero-order chi connectivity index (χ0) is 9.19. The third kappa shape index (κ3) is 2.74. The van der Waals surface area contributed by atoms with Crippen molar-refractivity contribution in [2.75, 3.05) is 11.5 Å². The van der Waals surface area contributed by atoms with Gasteiger partial charge in [0.1, 0.15) is 0 Å². The first-order valence-corrected chi connectivity index (χ1v) is 5.54. The molecule has 5 nitrogen and oxygen atoms in total. The van der Waals surface area contributed by atoms with Crippen LogP contribution in [0.1, 0.15) is 6.42 Å². The average Bonchev–Trinajstić information content (AvgIpc) is 2.26. The number of sulfone groups is 1. The largest absolute Gasteiger partial charge is 0.375 e. The van der Waals surface area contributed by atoms with Gasteiger partial charge < -0.3 is 5.73 Å². The summed E-state index contributed by atoms with van der Waals surface area (Å²) in [5.41, 5.74) is 8.05. The van der Waals surface area contributed by atoms with E-state index in [1.165, 1.54) is 0 Å². The standard InChI is InChI=1S/C5H9N3O2S2/c6-5(11)8-7-4-1-2-12(9,10)3-4/h1-3H2,(H3,6,8,11)/b7-4-. The number of hydrazone groups is 1. The van der Waals surface area contributed by atoms with Gasteiger partial charge >= 0.3 is 0 Å². The fourth-order valence-corrected chi connectivity index (χ4v) is 2.35. The Bertz CT molecular complexity index is 320. The zero-order valence-corrected chi connectivity index (χ0v) is 7.91. The first-order valence-electron chi connectivity index (χ1n) is 3.31. The normalized spacial score (nSPS) is 24.2. The molecule has 3 N–H and O–H groups in total. The van der Waals surface area contributed by atoms with E-state index in [0.29, 0.717) is 12.1 Å². The number of rotatable bonds is 1. The van der Waals surface area contributed by atoms with E-state index in [0.717, 1.165) is 0 Å². The Morgan fingerprint density at radius 2 is 2.33 bits per heavy atom. The Kier molecular flexibility index (Phi) is 2.63. The van der Waals surface area contributed by atoms with Gasteiger partial charge in [0.15, 0.2) is 14.9 Å². The molecule has 1 aliphatic heterocycles. The predicted octanol–water partition coefficient (Wildman–Crippen LogP) is -1.01. The van der Waals surface area contributed by atoms with Crippen LogP contribution < -0.4 is 11.2 Å². The maximum Gasteiger partial charge on any atom is 0.184 e. The molecule has 0 atom stereocenters. The number of hydrogen-bond donors (Lipinski definition) is 2. The van der Waals surface area contributed by atoms with Crippen LogP contribution in [-0.4, -0.2) is 30.7 Å². The van der Waals surface area contributed by atoms with Crippen LogP contribution in [-0.2, 0) is 9.84 Å². The van der Waals surface area contributed by atoms with E-state index in [-0.39, 0.29) is 16.6 Å². The first-order chi connectivity index (χ1) is 5.49. The Balaban J connectivity index is 2.58. The molecule has 0 saturated carbocycles. The lowest BCUT2D eigenvalue weighted by Gasteiger charge is -1.95. The molecule has 12 heavy (non-hydrogen) atoms. The second-order valence-corrected chi connectivity index (χ2v) is 5.12. The van der Waals surface area contributed by atoms with Crippen LogP contribution in [0.2, 0.25) is 0 Å². The second-order valence-electron chi connectivity index (χ2n) is 2.50. The SMILES string of the molecule is NC(=S)N/N=C1/CCS(=O)(=O)C1. The minimum atomic E-state index is -2.90. The summed E-state index contributed by atoms with van der Waals surface area (Å²) in [7, 11) is -2.90. The summed E-state index contributed by atoms with van der Waals surface area (Å²) in [5.74, 6) is 0.188. The Morgan fingerprint density at radius 1 is 1.67 bits per heavy atom. The molecule has 1 aliphatic rings. The molecule has 0 amide bonds. The highest BCUT2D eigenvalue weighted by molar-refractivity contribution is 7.92. The summed E-state index contributed by atoms with van der Waals surface area (Å²) in [6, 6.07) is 0. The van der Waals surface area contributed by atoms with E-state index in [1.807, 2.05) is 0 Å². The van der Waals surface area contributed by atoms with E-state index in [4.69, 9.17) is 5.73 Å². The molecule has 1 rings (SSSR count). The van der Waals surface area contributed by atoms with Crippen LogP contribution >= 0.6 is 12.2 Å². The summed E-state index contributed by atoms with van der Waals surface area (Å²) in [5, 5.41) is 3.79. The third-order valence-electron chi connectivity index (χ3n) is 1.41. The lowest BCUT2D eigenvalue weighted by molar-refractivity contribution is 0.603. The Hall–Kier alpha value is -0.690. The van der Waals surface area contributed by atoms with Crippen LogP contribution in [0.15, 0.2) is 5.10 Å². The highest BCUT2D eigenvalue weighted by Crippen LogP contribution is 2.07. The van der Waals surface area contributed by atoms with Crippen molar-refractivity contribution in [2.45, 2.75) is 6.42 Å². The molecule has 0 aliphatic carbocycles. The van der Waals surface area contributed by atoms with E-state index in [9.17, 15) is 8.42 Å². The van der Waals surface area contributed by atoms with E-state index in [2.05, 4.69) is 22.7 Å². The lowest BCUT2D eigenvalue weighted by atomic mass is 10.3. The molecule has 0 aromatic carbocycles. The third-order valence-corrected chi connectivity index (χ3v) is 3.10. The molecule has 1 saturated heterocycles. The summed E-state index contributed by atoms with van der Waals surface area (Å²) >= 11 is 4.50. The van der Waals surface area contributed by atoms with Crippen molar-refractivity contribution in [3.05, 3.63) is 0 Å². The van der Waals surface area contributed by atoms with Crippen LogP contribution in [0.4, 0.5) is 0 Å². The number of thiocarbonyl (C=S) groups is 1. The van der Waals surface area contributed by atoms with Gasteiger partial charge in [-0.1, -0.05) is 0 Å². The maximum atomic E-state index is 10.9. The zero-order valence-electron chi connectivity index (χ0n) is 6.28. The molecule has 0 radical (unpaired) electrons. The van der Waals surface area contributed by atoms with E-state index in [1.54, 1.807) is 0 Å². The molecular weight excluding hydrogens is 198 g/mol. The Labute approximate surface area is 75.9 Å². The summed E-state index contributed by atoms with van der Waals surface area (Å²) in [6.07, 6.45) is 0.470. The second kappa shape index (κ2) is 3.36. The van der Waals surface area contributed by atoms with Gasteiger partial charge in [-0.15, -0.1) is 0 Å². The van der Waals surface area contributed by atoms with Crippen molar-refractivity contribution < 1.29 is 8.42 Å². The van der Waals surface area contributed by atoms with Gasteiger partial charge in [-0.25, -0.2) is 8.42 Å². The van der Waals surface area contributed by atoms with Crippen molar-refractivity contribution >= 4 is 32.9 Å². The molecule has 0 aromatic heterocycles. The minimum Gasteiger partial charge on any atom is -0.375 e. The average molecular weight is 207 g/mol. The monoisotopic (exact) mass is 207 g/mol. The lowest BCUT2D eigenvalue weighted by Crippen LogP contribution is -2.25. The van der Waals surface area contributed by atoms with Crippen LogP contribution in [0.25, 0.3) is 0 Å². The molecule has 0 spiro atoms. The summed E-state index contributed by atoms with van der Waals surface area (Å²) in [4.78, 5) is 0. The smallest absolute Gasteiger partial charge is 0.184 e. The fourth-order valence-electron chi connectivity index (χ4n) is 0.894. The molecule has 7 heteroatoms. The van der Waals surface area contributed by atoms with Crippen molar-refractivity contribution in [1.29, 1.82) is 0 Å². The van der Waals surface area contributed by atoms with Gasteiger partial charge in [-0.3, -0.25) is 5.43 Å². The van der Waals surface area contributed by atoms with Gasteiger partial charge in [-0.2, -0.15) is 5.10 Å². The van der Waals surface area contributed by atoms with Crippen molar-refractivity contribution in [1.82, 2.24) is 5.43 Å². The summed E-state index contributed by atoms with van der Waals surface area (Å²) < 4.78 is 21.8.